The second-order valence-corrected chi connectivity index (χ2v) is 7.25. The zero-order valence-electron chi connectivity index (χ0n) is 13.5. The van der Waals surface area contributed by atoms with E-state index in [-0.39, 0.29) is 0 Å². The lowest BCUT2D eigenvalue weighted by molar-refractivity contribution is 0.623. The third-order valence-corrected chi connectivity index (χ3v) is 5.53. The van der Waals surface area contributed by atoms with Crippen LogP contribution in [0, 0.1) is 0 Å². The fraction of sp³-hybridized carbons (Fsp3) is 0.500. The molecule has 3 aromatic heterocycles. The van der Waals surface area contributed by atoms with E-state index in [1.807, 2.05) is 0 Å². The molecule has 0 unspecified atom stereocenters. The third-order valence-electron chi connectivity index (χ3n) is 4.48. The van der Waals surface area contributed by atoms with Crippen LogP contribution in [0.1, 0.15) is 50.3 Å². The van der Waals surface area contributed by atoms with E-state index >= 15 is 0 Å². The number of rotatable bonds is 5. The van der Waals surface area contributed by atoms with Crippen molar-refractivity contribution < 1.29 is 4.42 Å². The molecular formula is C18H21N3OS. The van der Waals surface area contributed by atoms with Gasteiger partial charge in [-0.1, -0.05) is 19.8 Å². The van der Waals surface area contributed by atoms with Crippen LogP contribution in [0.2, 0.25) is 0 Å². The van der Waals surface area contributed by atoms with Crippen LogP contribution in [0.4, 0.5) is 0 Å². The van der Waals surface area contributed by atoms with Crippen LogP contribution in [0.25, 0.3) is 22.2 Å². The zero-order chi connectivity index (χ0) is 15.6. The topological polar surface area (TPSA) is 51.8 Å². The average molecular weight is 327 g/mol. The van der Waals surface area contributed by atoms with E-state index in [9.17, 15) is 0 Å². The lowest BCUT2D eigenvalue weighted by atomic mass is 9.95. The first kappa shape index (κ1) is 14.9. The first-order chi connectivity index (χ1) is 11.4. The van der Waals surface area contributed by atoms with Crippen LogP contribution in [0.5, 0.6) is 0 Å². The van der Waals surface area contributed by atoms with Crippen molar-refractivity contribution in [2.45, 2.75) is 56.9 Å². The van der Waals surface area contributed by atoms with E-state index in [1.165, 1.54) is 43.4 Å². The Balaban J connectivity index is 1.75. The van der Waals surface area contributed by atoms with Crippen LogP contribution in [-0.2, 0) is 12.8 Å². The maximum Gasteiger partial charge on any atom is 0.229 e. The van der Waals surface area contributed by atoms with Gasteiger partial charge in [-0.2, -0.15) is 0 Å². The summed E-state index contributed by atoms with van der Waals surface area (Å²) in [6.45, 7) is 2.22. The maximum absolute atomic E-state index is 6.05. The van der Waals surface area contributed by atoms with Crippen molar-refractivity contribution in [2.75, 3.05) is 5.75 Å². The molecule has 3 heterocycles. The molecule has 0 fully saturated rings. The number of nitrogens with zero attached hydrogens (tertiary/aromatic N) is 3. The summed E-state index contributed by atoms with van der Waals surface area (Å²) in [5.41, 5.74) is 5.00. The molecule has 0 amide bonds. The van der Waals surface area contributed by atoms with Gasteiger partial charge in [-0.25, -0.2) is 15.0 Å². The minimum absolute atomic E-state index is 0.719. The summed E-state index contributed by atoms with van der Waals surface area (Å²) in [6, 6.07) is 2.24. The minimum atomic E-state index is 0.719. The van der Waals surface area contributed by atoms with Crippen LogP contribution in [0.15, 0.2) is 21.8 Å². The molecule has 0 aromatic carbocycles. The number of pyridine rings is 1. The fourth-order valence-corrected chi connectivity index (χ4v) is 4.16. The van der Waals surface area contributed by atoms with Gasteiger partial charge < -0.3 is 4.42 Å². The van der Waals surface area contributed by atoms with Crippen LogP contribution in [0.3, 0.4) is 0 Å². The SMILES string of the molecule is CCCCCSc1ncnc2c1oc1nc3c(cc12)CCCC3. The molecule has 5 heteroatoms. The molecule has 0 N–H and O–H groups in total. The Bertz CT molecular complexity index is 843. The number of thioether (sulfide) groups is 1. The van der Waals surface area contributed by atoms with Gasteiger partial charge >= 0.3 is 0 Å². The Kier molecular flexibility index (Phi) is 4.21. The number of furan rings is 1. The molecule has 1 aliphatic carbocycles. The highest BCUT2D eigenvalue weighted by atomic mass is 32.2. The molecular weight excluding hydrogens is 306 g/mol. The molecule has 120 valence electrons. The smallest absolute Gasteiger partial charge is 0.229 e. The normalized spacial score (nSPS) is 14.5. The van der Waals surface area contributed by atoms with Crippen LogP contribution < -0.4 is 0 Å². The summed E-state index contributed by atoms with van der Waals surface area (Å²) in [4.78, 5) is 13.7. The maximum atomic E-state index is 6.05. The Hall–Kier alpha value is -1.62. The molecule has 3 aromatic rings. The summed E-state index contributed by atoms with van der Waals surface area (Å²) < 4.78 is 6.05. The molecule has 0 saturated heterocycles. The zero-order valence-corrected chi connectivity index (χ0v) is 14.3. The van der Waals surface area contributed by atoms with Crippen molar-refractivity contribution in [3.05, 3.63) is 23.7 Å². The second kappa shape index (κ2) is 6.48. The standard InChI is InChI=1S/C18H21N3OS/c1-2-3-6-9-23-18-16-15(19-11-20-18)13-10-12-7-4-5-8-14(12)21-17(13)22-16/h10-11H,2-9H2,1H3. The molecule has 0 atom stereocenters. The first-order valence-corrected chi connectivity index (χ1v) is 9.54. The lowest BCUT2D eigenvalue weighted by Crippen LogP contribution is -2.04. The van der Waals surface area contributed by atoms with Gasteiger partial charge in [0.2, 0.25) is 5.71 Å². The molecule has 0 radical (unpaired) electrons. The minimum Gasteiger partial charge on any atom is -0.433 e. The van der Waals surface area contributed by atoms with E-state index in [2.05, 4.69) is 23.0 Å². The van der Waals surface area contributed by atoms with Crippen molar-refractivity contribution in [1.82, 2.24) is 15.0 Å². The molecule has 4 nitrogen and oxygen atoms in total. The van der Waals surface area contributed by atoms with Crippen LogP contribution >= 0.6 is 11.8 Å². The monoisotopic (exact) mass is 327 g/mol. The van der Waals surface area contributed by atoms with E-state index in [4.69, 9.17) is 9.40 Å². The van der Waals surface area contributed by atoms with Gasteiger partial charge in [0.25, 0.3) is 0 Å². The van der Waals surface area contributed by atoms with Gasteiger partial charge in [0, 0.05) is 5.69 Å². The summed E-state index contributed by atoms with van der Waals surface area (Å²) in [5, 5.41) is 1.99. The number of aromatic nitrogens is 3. The van der Waals surface area contributed by atoms with Crippen molar-refractivity contribution in [3.63, 3.8) is 0 Å². The fourth-order valence-electron chi connectivity index (χ4n) is 3.22. The molecule has 4 rings (SSSR count). The highest BCUT2D eigenvalue weighted by Gasteiger charge is 2.18. The molecule has 0 bridgehead atoms. The third kappa shape index (κ3) is 2.82. The number of hydrogen-bond donors (Lipinski definition) is 0. The molecule has 1 aliphatic rings. The largest absolute Gasteiger partial charge is 0.433 e. The van der Waals surface area contributed by atoms with E-state index < -0.39 is 0 Å². The summed E-state index contributed by atoms with van der Waals surface area (Å²) in [7, 11) is 0. The van der Waals surface area contributed by atoms with Crippen molar-refractivity contribution >= 4 is 34.0 Å². The van der Waals surface area contributed by atoms with Gasteiger partial charge in [-0.05, 0) is 49.5 Å². The van der Waals surface area contributed by atoms with Crippen molar-refractivity contribution in [3.8, 4) is 0 Å². The summed E-state index contributed by atoms with van der Waals surface area (Å²) in [6.07, 6.45) is 10.0. The Morgan fingerprint density at radius 2 is 2.09 bits per heavy atom. The van der Waals surface area contributed by atoms with Gasteiger partial charge in [0.15, 0.2) is 5.58 Å². The molecule has 0 spiro atoms. The first-order valence-electron chi connectivity index (χ1n) is 8.55. The Morgan fingerprint density at radius 1 is 1.17 bits per heavy atom. The van der Waals surface area contributed by atoms with Crippen molar-refractivity contribution in [1.29, 1.82) is 0 Å². The quantitative estimate of drug-likeness (QED) is 0.378. The predicted octanol–water partition coefficient (Wildman–Crippen LogP) is 4.93. The van der Waals surface area contributed by atoms with E-state index in [0.29, 0.717) is 0 Å². The summed E-state index contributed by atoms with van der Waals surface area (Å²) >= 11 is 1.76. The Morgan fingerprint density at radius 3 is 3.00 bits per heavy atom. The van der Waals surface area contributed by atoms with Gasteiger partial charge in [0.1, 0.15) is 16.9 Å². The predicted molar refractivity (Wildman–Crippen MR) is 94.0 cm³/mol. The summed E-state index contributed by atoms with van der Waals surface area (Å²) in [5.74, 6) is 1.07. The lowest BCUT2D eigenvalue weighted by Gasteiger charge is -2.13. The van der Waals surface area contributed by atoms with E-state index in [0.717, 1.165) is 45.8 Å². The van der Waals surface area contributed by atoms with Gasteiger partial charge in [0.05, 0.1) is 5.39 Å². The van der Waals surface area contributed by atoms with Gasteiger partial charge in [-0.3, -0.25) is 0 Å². The van der Waals surface area contributed by atoms with Crippen LogP contribution in [-0.4, -0.2) is 20.7 Å². The molecule has 0 saturated carbocycles. The number of fused-ring (bicyclic) bond motifs is 4. The highest BCUT2D eigenvalue weighted by molar-refractivity contribution is 7.99. The number of hydrogen-bond acceptors (Lipinski definition) is 5. The van der Waals surface area contributed by atoms with Gasteiger partial charge in [-0.15, -0.1) is 11.8 Å². The van der Waals surface area contributed by atoms with E-state index in [1.54, 1.807) is 18.1 Å². The molecule has 23 heavy (non-hydrogen) atoms. The highest BCUT2D eigenvalue weighted by Crippen LogP contribution is 2.34. The second-order valence-electron chi connectivity index (χ2n) is 6.17. The molecule has 0 aliphatic heterocycles. The van der Waals surface area contributed by atoms with Crippen molar-refractivity contribution in [2.24, 2.45) is 0 Å². The number of unbranched alkanes of at least 4 members (excludes halogenated alkanes) is 2. The average Bonchev–Trinajstić information content (AvgIpc) is 2.95. The number of aryl methyl sites for hydroxylation is 2. The Labute approximate surface area is 140 Å².